The molecule has 0 aromatic heterocycles. The number of aromatic hydroxyl groups is 2. The first-order valence-electron chi connectivity index (χ1n) is 44.6. The first-order valence-corrected chi connectivity index (χ1v) is 45.8. The van der Waals surface area contributed by atoms with Gasteiger partial charge in [-0.05, 0) is 144 Å². The number of aliphatic hydroxyl groups is 4. The number of unbranched alkanes of at least 4 members (excludes halogenated alkanes) is 1. The van der Waals surface area contributed by atoms with Crippen molar-refractivity contribution in [3.63, 3.8) is 0 Å². The fraction of sp³-hybridized carbons (Fsp3) is 0.602. The number of carboxylic acids is 3. The molecule has 0 saturated carbocycles. The summed E-state index contributed by atoms with van der Waals surface area (Å²) < 4.78 is 0. The molecule has 18 N–H and O–H groups in total. The molecule has 0 spiro atoms. The third kappa shape index (κ3) is 41.9. The highest BCUT2D eigenvalue weighted by atomic mass is 32.2. The van der Waals surface area contributed by atoms with Crippen molar-refractivity contribution in [3.8, 4) is 11.5 Å². The summed E-state index contributed by atoms with van der Waals surface area (Å²) in [6, 6.07) is 10.5. The second kappa shape index (κ2) is 58.7. The van der Waals surface area contributed by atoms with Gasteiger partial charge in [-0.25, -0.2) is 0 Å². The lowest BCUT2D eigenvalue weighted by Crippen LogP contribution is -2.52. The smallest absolute Gasteiger partial charge is 0.304 e. The zero-order valence-electron chi connectivity index (χ0n) is 75.7. The molecule has 37 nitrogen and oxygen atoms in total. The Kier molecular flexibility index (Phi) is 50.3. The number of thioether (sulfide) groups is 1. The number of benzene rings is 3. The average molecular weight is 1860 g/mol. The molecule has 0 aliphatic carbocycles. The Hall–Kier alpha value is -11.1. The average Bonchev–Trinajstić information content (AvgIpc) is 0.834. The largest absolute Gasteiger partial charge is 0.508 e. The Morgan fingerprint density at radius 2 is 0.924 bits per heavy atom. The summed E-state index contributed by atoms with van der Waals surface area (Å²) in [6.45, 7) is 9.25. The summed E-state index contributed by atoms with van der Waals surface area (Å²) in [6.07, 6.45) is -7.26. The second-order valence-electron chi connectivity index (χ2n) is 34.6. The minimum atomic E-state index is -1.99. The van der Waals surface area contributed by atoms with Gasteiger partial charge in [0.2, 0.25) is 47.3 Å². The highest BCUT2D eigenvalue weighted by Gasteiger charge is 2.41. The molecule has 724 valence electrons. The Balaban J connectivity index is 1.52. The minimum Gasteiger partial charge on any atom is -0.508 e. The van der Waals surface area contributed by atoms with E-state index in [1.807, 2.05) is 0 Å². The molecule has 131 heavy (non-hydrogen) atoms. The van der Waals surface area contributed by atoms with E-state index in [1.54, 1.807) is 69.9 Å². The monoisotopic (exact) mass is 1860 g/mol. The van der Waals surface area contributed by atoms with E-state index in [9.17, 15) is 137 Å². The Morgan fingerprint density at radius 1 is 0.443 bits per heavy atom. The lowest BCUT2D eigenvalue weighted by atomic mass is 9.85. The maximum absolute atomic E-state index is 14.8. The van der Waals surface area contributed by atoms with Crippen LogP contribution in [-0.2, 0) is 110 Å². The number of carbonyl (C=O) groups is 19. The van der Waals surface area contributed by atoms with E-state index in [0.717, 1.165) is 31.5 Å². The van der Waals surface area contributed by atoms with Crippen LogP contribution in [0.25, 0.3) is 0 Å². The number of aliphatic hydroxyl groups excluding tert-OH is 4. The molecule has 3 aromatic carbocycles. The fourth-order valence-electron chi connectivity index (χ4n) is 15.1. The molecule has 4 rings (SSSR count). The Bertz CT molecular complexity index is 4340. The maximum atomic E-state index is 14.8. The number of hydrogen-bond acceptors (Lipinski definition) is 27. The molecule has 1 heterocycles. The molecule has 0 unspecified atom stereocenters. The van der Waals surface area contributed by atoms with Crippen LogP contribution >= 0.6 is 11.8 Å². The number of ketones is 8. The van der Waals surface area contributed by atoms with Crippen molar-refractivity contribution >= 4 is 123 Å². The molecule has 16 atom stereocenters. The number of hydrogen-bond donors (Lipinski definition) is 17. The molecule has 38 heteroatoms. The van der Waals surface area contributed by atoms with Crippen LogP contribution < -0.4 is 43.0 Å². The summed E-state index contributed by atoms with van der Waals surface area (Å²) in [4.78, 5) is 261. The van der Waals surface area contributed by atoms with Gasteiger partial charge in [-0.1, -0.05) is 95.1 Å². The number of Topliss-reactive ketones (excluding diaryl/α,β-unsaturated/α-hetero) is 8. The van der Waals surface area contributed by atoms with E-state index in [0.29, 0.717) is 62.9 Å². The quantitative estimate of drug-likeness (QED) is 0.0361. The van der Waals surface area contributed by atoms with Crippen molar-refractivity contribution in [2.45, 2.75) is 251 Å². The van der Waals surface area contributed by atoms with Crippen LogP contribution in [0.1, 0.15) is 200 Å². The van der Waals surface area contributed by atoms with Crippen LogP contribution in [0.3, 0.4) is 0 Å². The number of nitrogens with two attached hydrogens (primary N) is 1. The second-order valence-corrected chi connectivity index (χ2v) is 35.6. The number of piperidine rings is 1. The molecule has 3 aromatic rings. The molecule has 1 fully saturated rings. The summed E-state index contributed by atoms with van der Waals surface area (Å²) in [5, 5.41) is 111. The van der Waals surface area contributed by atoms with Crippen LogP contribution in [0.4, 0.5) is 0 Å². The number of aliphatic carboxylic acids is 3. The number of nitrogens with one attached hydrogen (secondary N) is 7. The number of amides is 8. The molecular weight excluding hydrogens is 1720 g/mol. The predicted octanol–water partition coefficient (Wildman–Crippen LogP) is 3.07. The Labute approximate surface area is 766 Å². The van der Waals surface area contributed by atoms with Gasteiger partial charge in [-0.3, -0.25) is 91.1 Å². The van der Waals surface area contributed by atoms with Gasteiger partial charge < -0.3 is 93.8 Å². The van der Waals surface area contributed by atoms with Crippen molar-refractivity contribution in [2.24, 2.45) is 59.0 Å². The molecule has 1 aliphatic heterocycles. The van der Waals surface area contributed by atoms with E-state index in [2.05, 4.69) is 37.2 Å². The number of nitrogens with zero attached hydrogens (tertiary/aromatic N) is 1. The van der Waals surface area contributed by atoms with Crippen LogP contribution in [0, 0.1) is 53.3 Å². The lowest BCUT2D eigenvalue weighted by molar-refractivity contribution is -0.143. The summed E-state index contributed by atoms with van der Waals surface area (Å²) in [5.74, 6) is -29.6. The number of carboxylic acid groups (broad SMARTS) is 3. The van der Waals surface area contributed by atoms with Crippen LogP contribution in [-0.4, -0.2) is 262 Å². The maximum Gasteiger partial charge on any atom is 0.304 e. The first kappa shape index (κ1) is 112. The fourth-order valence-corrected chi connectivity index (χ4v) is 15.9. The highest BCUT2D eigenvalue weighted by molar-refractivity contribution is 8.00. The zero-order chi connectivity index (χ0) is 97.7. The van der Waals surface area contributed by atoms with Gasteiger partial charge in [0.15, 0.2) is 34.7 Å². The molecule has 0 radical (unpaired) electrons. The van der Waals surface area contributed by atoms with Crippen LogP contribution in [0.2, 0.25) is 0 Å². The topological polar surface area (TPSA) is 620 Å². The third-order valence-electron chi connectivity index (χ3n) is 23.0. The van der Waals surface area contributed by atoms with E-state index in [4.69, 9.17) is 5.73 Å². The standard InChI is InChI=1S/C93H133N9O28S/c1-8-54(4)86(81(116)42-62(36-59-22-27-66(107)28-23-59)89(126)97-73(35-53(2)3)77(112)40-63(44-84(120)121)88(125)96-55(5)17-12-14-32-94)101-91(128)65(49-103)43-78(113)74(38-60-24-29-67(108)30-25-60)98-90(127)64(45-85(122)123)41-79(114)76(50-104)100-93(130)72(57(7)106)47-80(115)75(37-58-18-10-9-11-19-58)99-92(129)71(56(6)105)46-69(110)48-95-87(124)61(26-31-83(118)119)39-70(111)52-131-51-68(109)20-16-34-102-33-15-13-21-82(102)117/h9-11,18-19,22-25,27-30,53-57,61-65,71-76,86,103-108H,8,12-17,20-21,26,31-52,94H2,1-7H3,(H,95,124)(H,96,125)(H,97,126)(H,98,127)(H,99,129)(H,100,130)(H,101,128)(H,118,119)(H,120,121)(H,122,123)/t54-,55+,56+,57+,61+,62+,63-,64-,65-,71-,72-,73-,74-,75-,76-,86-/m0/s1. The number of phenols is 2. The van der Waals surface area contributed by atoms with Crippen molar-refractivity contribution in [1.29, 1.82) is 0 Å². The summed E-state index contributed by atoms with van der Waals surface area (Å²) in [5.41, 5.74) is 6.78. The molecule has 1 aliphatic rings. The number of likely N-dealkylation sites (tertiary alicyclic amines) is 1. The third-order valence-corrected chi connectivity index (χ3v) is 24.1. The van der Waals surface area contributed by atoms with Gasteiger partial charge in [-0.2, -0.15) is 0 Å². The number of phenolic OH excluding ortho intramolecular Hbond substituents is 2. The normalized spacial score (nSPS) is 15.8. The van der Waals surface area contributed by atoms with Gasteiger partial charge in [0.05, 0.1) is 110 Å². The van der Waals surface area contributed by atoms with Gasteiger partial charge in [0.25, 0.3) is 0 Å². The number of rotatable bonds is 67. The van der Waals surface area contributed by atoms with E-state index in [-0.39, 0.29) is 90.7 Å². The van der Waals surface area contributed by atoms with Crippen molar-refractivity contribution < 1.29 is 137 Å². The molecular formula is C93H133N9O28S. The first-order chi connectivity index (χ1) is 61.9. The van der Waals surface area contributed by atoms with Gasteiger partial charge in [-0.15, -0.1) is 11.8 Å². The summed E-state index contributed by atoms with van der Waals surface area (Å²) in [7, 11) is 0. The van der Waals surface area contributed by atoms with Crippen LogP contribution in [0.5, 0.6) is 11.5 Å². The van der Waals surface area contributed by atoms with E-state index < -0.39 is 280 Å². The summed E-state index contributed by atoms with van der Waals surface area (Å²) >= 11 is 1.01. The molecule has 8 amide bonds. The van der Waals surface area contributed by atoms with E-state index >= 15 is 0 Å². The lowest BCUT2D eigenvalue weighted by Gasteiger charge is -2.28. The van der Waals surface area contributed by atoms with Gasteiger partial charge in [0.1, 0.15) is 29.1 Å². The van der Waals surface area contributed by atoms with Crippen molar-refractivity contribution in [3.05, 3.63) is 95.6 Å². The van der Waals surface area contributed by atoms with Crippen LogP contribution in [0.15, 0.2) is 78.9 Å². The Morgan fingerprint density at radius 3 is 1.45 bits per heavy atom. The van der Waals surface area contributed by atoms with Gasteiger partial charge >= 0.3 is 17.9 Å². The molecule has 0 bridgehead atoms. The zero-order valence-corrected chi connectivity index (χ0v) is 76.5. The highest BCUT2D eigenvalue weighted by Crippen LogP contribution is 2.27. The van der Waals surface area contributed by atoms with E-state index in [1.165, 1.54) is 55.5 Å². The van der Waals surface area contributed by atoms with Gasteiger partial charge in [0, 0.05) is 95.2 Å². The predicted molar refractivity (Wildman–Crippen MR) is 479 cm³/mol. The van der Waals surface area contributed by atoms with Crippen molar-refractivity contribution in [1.82, 2.24) is 42.1 Å². The number of carbonyl (C=O) groups excluding carboxylic acids is 16. The minimum absolute atomic E-state index is 0.0249. The SMILES string of the molecule is CC[C@H](C)[C@H](NC(=O)[C@H](CO)CC(=O)[C@H](Cc1ccc(O)cc1)NC(=O)[C@H](CC(=O)O)CC(=O)[C@H](CO)NC(=O)[C@@H](CC(=O)[C@H](Cc1ccccc1)NC(=O)[C@@H](CC(=O)CNC(=O)[C@H](CCC(=O)O)CC(=O)CSCC(=O)CCCN1CCCCC1=O)[C@@H](C)O)[C@@H](C)O)C(=O)C[C@@H](Cc1ccc(O)cc1)C(=O)N[C@@H](CC(C)C)C(=O)C[C@@H](CC(=O)O)C(=O)N[C@H](C)CCCCN. The van der Waals surface area contributed by atoms with Crippen molar-refractivity contribution in [2.75, 3.05) is 50.9 Å². The molecule has 1 saturated heterocycles.